The first-order chi connectivity index (χ1) is 8.16. The lowest BCUT2D eigenvalue weighted by Crippen LogP contribution is -2.34. The van der Waals surface area contributed by atoms with Gasteiger partial charge in [0.2, 0.25) is 5.96 Å². The third-order valence-electron chi connectivity index (χ3n) is 2.05. The summed E-state index contributed by atoms with van der Waals surface area (Å²) in [4.78, 5) is 20.3. The lowest BCUT2D eigenvalue weighted by Gasteiger charge is -2.11. The van der Waals surface area contributed by atoms with Gasteiger partial charge in [-0.15, -0.1) is 0 Å². The molecule has 1 aromatic carbocycles. The summed E-state index contributed by atoms with van der Waals surface area (Å²) in [6, 6.07) is 8.58. The third kappa shape index (κ3) is 3.01. The van der Waals surface area contributed by atoms with Gasteiger partial charge in [-0.3, -0.25) is 0 Å². The molecule has 0 amide bonds. The predicted molar refractivity (Wildman–Crippen MR) is 64.6 cm³/mol. The third-order valence-corrected chi connectivity index (χ3v) is 2.58. The van der Waals surface area contributed by atoms with E-state index in [9.17, 15) is 4.79 Å². The van der Waals surface area contributed by atoms with Crippen molar-refractivity contribution >= 4 is 35.3 Å². The summed E-state index contributed by atoms with van der Waals surface area (Å²) >= 11 is 11.5. The molecule has 7 heteroatoms. The largest absolute Gasteiger partial charge is 0.362 e. The number of carbonyl (C=O) groups is 1. The first kappa shape index (κ1) is 12.0. The first-order valence-electron chi connectivity index (χ1n) is 4.84. The number of alkyl halides is 1. The van der Waals surface area contributed by atoms with Crippen molar-refractivity contribution in [2.24, 2.45) is 4.99 Å². The summed E-state index contributed by atoms with van der Waals surface area (Å²) in [5.41, 5.74) is 2.36. The summed E-state index contributed by atoms with van der Waals surface area (Å²) in [5.74, 6) is -0.299. The van der Waals surface area contributed by atoms with Gasteiger partial charge in [-0.25, -0.2) is 14.2 Å². The number of nitrogens with one attached hydrogen (secondary N) is 1. The number of carbonyl (C=O) groups excluding carboxylic acids is 1. The maximum Gasteiger partial charge on any atom is 0.362 e. The van der Waals surface area contributed by atoms with Crippen molar-refractivity contribution in [2.75, 3.05) is 6.54 Å². The molecule has 17 heavy (non-hydrogen) atoms. The highest BCUT2D eigenvalue weighted by molar-refractivity contribution is 6.26. The Balaban J connectivity index is 1.91. The van der Waals surface area contributed by atoms with E-state index in [2.05, 4.69) is 10.5 Å². The summed E-state index contributed by atoms with van der Waals surface area (Å²) < 4.78 is 1.25. The Kier molecular flexibility index (Phi) is 3.71. The van der Waals surface area contributed by atoms with Crippen molar-refractivity contribution in [2.45, 2.75) is 5.50 Å². The molecule has 1 aromatic rings. The van der Waals surface area contributed by atoms with Gasteiger partial charge < -0.3 is 4.84 Å². The van der Waals surface area contributed by atoms with E-state index in [-0.39, 0.29) is 5.96 Å². The Labute approximate surface area is 108 Å². The molecule has 1 N–H and O–H groups in total. The fourth-order valence-electron chi connectivity index (χ4n) is 1.26. The van der Waals surface area contributed by atoms with Gasteiger partial charge in [0.05, 0.1) is 12.1 Å². The van der Waals surface area contributed by atoms with E-state index in [1.165, 1.54) is 4.42 Å². The zero-order chi connectivity index (χ0) is 12.3. The van der Waals surface area contributed by atoms with Crippen molar-refractivity contribution in [3.8, 4) is 0 Å². The molecule has 0 radical (unpaired) electrons. The van der Waals surface area contributed by atoms with E-state index in [1.54, 1.807) is 24.3 Å². The molecule has 5 nitrogen and oxygen atoms in total. The monoisotopic (exact) mass is 273 g/mol. The molecule has 1 heterocycles. The van der Waals surface area contributed by atoms with Crippen LogP contribution in [0.2, 0.25) is 0 Å². The van der Waals surface area contributed by atoms with Gasteiger partial charge in [0.1, 0.15) is 5.50 Å². The lowest BCUT2D eigenvalue weighted by atomic mass is 10.2. The van der Waals surface area contributed by atoms with Crippen LogP contribution in [0.5, 0.6) is 0 Å². The van der Waals surface area contributed by atoms with Gasteiger partial charge in [0.15, 0.2) is 0 Å². The van der Waals surface area contributed by atoms with E-state index in [4.69, 9.17) is 28.2 Å². The molecule has 0 bridgehead atoms. The van der Waals surface area contributed by atoms with Gasteiger partial charge in [0, 0.05) is 11.8 Å². The zero-order valence-corrected chi connectivity index (χ0v) is 10.1. The number of hydrogen-bond acceptors (Lipinski definition) is 5. The van der Waals surface area contributed by atoms with Crippen LogP contribution in [-0.4, -0.2) is 28.4 Å². The van der Waals surface area contributed by atoms with Crippen LogP contribution >= 0.6 is 23.4 Å². The normalized spacial score (nSPS) is 18.8. The highest BCUT2D eigenvalue weighted by Gasteiger charge is 2.23. The molecular formula is C10H9Cl2N3O2. The number of aliphatic imine (C=N–C) groups is 1. The molecule has 1 unspecified atom stereocenters. The molecule has 0 saturated heterocycles. The van der Waals surface area contributed by atoms with Crippen LogP contribution in [-0.2, 0) is 4.84 Å². The van der Waals surface area contributed by atoms with Crippen LogP contribution in [0.15, 0.2) is 35.3 Å². The second-order valence-electron chi connectivity index (χ2n) is 3.29. The van der Waals surface area contributed by atoms with Crippen LogP contribution in [0.25, 0.3) is 0 Å². The van der Waals surface area contributed by atoms with Crippen LogP contribution in [0.3, 0.4) is 0 Å². The standard InChI is InChI=1S/C10H9Cl2N3O2/c11-8-6-15(12)10(13-8)14-17-9(16)7-4-2-1-3-5-7/h1-5,8H,6H2,(H,13,14). The Morgan fingerprint density at radius 1 is 1.47 bits per heavy atom. The van der Waals surface area contributed by atoms with Gasteiger partial charge in [-0.2, -0.15) is 5.48 Å². The van der Waals surface area contributed by atoms with E-state index in [0.29, 0.717) is 12.1 Å². The molecular weight excluding hydrogens is 265 g/mol. The van der Waals surface area contributed by atoms with Gasteiger partial charge in [-0.05, 0) is 12.1 Å². The SMILES string of the molecule is O=C(ONC1=NC(Cl)CN1Cl)c1ccccc1. The van der Waals surface area contributed by atoms with Crippen molar-refractivity contribution in [3.05, 3.63) is 35.9 Å². The summed E-state index contributed by atoms with van der Waals surface area (Å²) in [6.45, 7) is 0.355. The lowest BCUT2D eigenvalue weighted by molar-refractivity contribution is 0.0375. The van der Waals surface area contributed by atoms with Crippen LogP contribution in [0.1, 0.15) is 10.4 Å². The van der Waals surface area contributed by atoms with Gasteiger partial charge in [0.25, 0.3) is 0 Å². The smallest absolute Gasteiger partial charge is 0.335 e. The second kappa shape index (κ2) is 5.25. The highest BCUT2D eigenvalue weighted by Crippen LogP contribution is 2.13. The number of halogens is 2. The zero-order valence-electron chi connectivity index (χ0n) is 8.64. The summed E-state index contributed by atoms with van der Waals surface area (Å²) in [5, 5.41) is 0. The maximum atomic E-state index is 11.6. The minimum absolute atomic E-state index is 0.218. The molecule has 1 aliphatic rings. The molecule has 0 fully saturated rings. The average molecular weight is 274 g/mol. The Hall–Kier alpha value is -1.46. The van der Waals surface area contributed by atoms with Gasteiger partial charge in [-0.1, -0.05) is 29.8 Å². The minimum atomic E-state index is -0.517. The topological polar surface area (TPSA) is 53.9 Å². The van der Waals surface area contributed by atoms with Crippen LogP contribution in [0, 0.1) is 0 Å². The minimum Gasteiger partial charge on any atom is -0.335 e. The fourth-order valence-corrected chi connectivity index (χ4v) is 1.77. The van der Waals surface area contributed by atoms with E-state index in [1.807, 2.05) is 6.07 Å². The van der Waals surface area contributed by atoms with E-state index < -0.39 is 11.5 Å². The second-order valence-corrected chi connectivity index (χ2v) is 4.20. The van der Waals surface area contributed by atoms with Crippen molar-refractivity contribution in [1.29, 1.82) is 0 Å². The van der Waals surface area contributed by atoms with Crippen molar-refractivity contribution in [3.63, 3.8) is 0 Å². The molecule has 0 spiro atoms. The molecule has 0 aliphatic carbocycles. The van der Waals surface area contributed by atoms with Gasteiger partial charge >= 0.3 is 5.97 Å². The quantitative estimate of drug-likeness (QED) is 0.367. The number of hydroxylamine groups is 1. The number of nitrogens with zero attached hydrogens (tertiary/aromatic N) is 2. The predicted octanol–water partition coefficient (Wildman–Crippen LogP) is 1.74. The van der Waals surface area contributed by atoms with Crippen molar-refractivity contribution in [1.82, 2.24) is 9.90 Å². The summed E-state index contributed by atoms with van der Waals surface area (Å²) in [6.07, 6.45) is 0. The van der Waals surface area contributed by atoms with E-state index in [0.717, 1.165) is 0 Å². The molecule has 90 valence electrons. The Bertz CT molecular complexity index is 438. The number of hydrogen-bond donors (Lipinski definition) is 1. The fraction of sp³-hybridized carbons (Fsp3) is 0.200. The molecule has 1 aliphatic heterocycles. The molecule has 2 rings (SSSR count). The van der Waals surface area contributed by atoms with Crippen LogP contribution < -0.4 is 5.48 Å². The highest BCUT2D eigenvalue weighted by atomic mass is 35.5. The van der Waals surface area contributed by atoms with E-state index >= 15 is 0 Å². The molecule has 1 atom stereocenters. The number of guanidine groups is 1. The molecule has 0 saturated carbocycles. The summed E-state index contributed by atoms with van der Waals surface area (Å²) in [7, 11) is 0. The Morgan fingerprint density at radius 3 is 2.76 bits per heavy atom. The average Bonchev–Trinajstić information content (AvgIpc) is 2.66. The first-order valence-corrected chi connectivity index (χ1v) is 5.61. The molecule has 0 aromatic heterocycles. The maximum absolute atomic E-state index is 11.6. The number of benzene rings is 1. The number of rotatable bonds is 1. The Morgan fingerprint density at radius 2 is 2.18 bits per heavy atom. The van der Waals surface area contributed by atoms with Crippen molar-refractivity contribution < 1.29 is 9.63 Å². The van der Waals surface area contributed by atoms with Crippen LogP contribution in [0.4, 0.5) is 0 Å².